The number of amides is 1. The fourth-order valence-corrected chi connectivity index (χ4v) is 3.98. The number of nitrogens with one attached hydrogen (secondary N) is 1. The maximum Gasteiger partial charge on any atom is 0.253 e. The van der Waals surface area contributed by atoms with Crippen LogP contribution in [0.3, 0.4) is 0 Å². The van der Waals surface area contributed by atoms with Gasteiger partial charge in [-0.1, -0.05) is 12.1 Å². The predicted molar refractivity (Wildman–Crippen MR) is 110 cm³/mol. The lowest BCUT2D eigenvalue weighted by Gasteiger charge is -2.29. The fraction of sp³-hybridized carbons (Fsp3) is 0.348. The second-order valence-corrected chi connectivity index (χ2v) is 7.76. The summed E-state index contributed by atoms with van der Waals surface area (Å²) in [5, 5.41) is 3.14. The number of carbonyl (C=O) groups is 1. The molecule has 1 amide bonds. The Balaban J connectivity index is 1.30. The highest BCUT2D eigenvalue weighted by molar-refractivity contribution is 5.94. The molecule has 0 unspecified atom stereocenters. The first-order valence-corrected chi connectivity index (χ1v) is 10.1. The molecule has 1 fully saturated rings. The van der Waals surface area contributed by atoms with Crippen molar-refractivity contribution in [3.63, 3.8) is 0 Å². The minimum atomic E-state index is -0.301. The van der Waals surface area contributed by atoms with Crippen molar-refractivity contribution in [2.75, 3.05) is 0 Å². The van der Waals surface area contributed by atoms with Crippen LogP contribution in [0.25, 0.3) is 11.3 Å². The Hall–Kier alpha value is -3.02. The zero-order chi connectivity index (χ0) is 20.2. The highest BCUT2D eigenvalue weighted by atomic mass is 19.1. The minimum Gasteiger partial charge on any atom is -0.349 e. The van der Waals surface area contributed by atoms with Crippen LogP contribution < -0.4 is 5.32 Å². The largest absolute Gasteiger partial charge is 0.349 e. The summed E-state index contributed by atoms with van der Waals surface area (Å²) in [6, 6.07) is 9.99. The van der Waals surface area contributed by atoms with Crippen molar-refractivity contribution in [3.8, 4) is 11.3 Å². The average molecular weight is 392 g/mol. The molecule has 2 aromatic heterocycles. The van der Waals surface area contributed by atoms with Gasteiger partial charge in [0, 0.05) is 36.7 Å². The normalized spacial score (nSPS) is 19.1. The zero-order valence-electron chi connectivity index (χ0n) is 16.5. The second kappa shape index (κ2) is 8.55. The van der Waals surface area contributed by atoms with E-state index in [9.17, 15) is 9.18 Å². The van der Waals surface area contributed by atoms with Crippen LogP contribution in [-0.2, 0) is 6.54 Å². The average Bonchev–Trinajstić information content (AvgIpc) is 3.14. The van der Waals surface area contributed by atoms with Crippen molar-refractivity contribution >= 4 is 5.91 Å². The maximum absolute atomic E-state index is 13.4. The Labute approximate surface area is 170 Å². The van der Waals surface area contributed by atoms with E-state index in [0.717, 1.165) is 38.1 Å². The molecule has 29 heavy (non-hydrogen) atoms. The maximum atomic E-state index is 13.4. The van der Waals surface area contributed by atoms with Gasteiger partial charge >= 0.3 is 0 Å². The lowest BCUT2D eigenvalue weighted by atomic mass is 9.86. The van der Waals surface area contributed by atoms with Crippen LogP contribution in [0.2, 0.25) is 0 Å². The summed E-state index contributed by atoms with van der Waals surface area (Å²) in [4.78, 5) is 21.2. The minimum absolute atomic E-state index is 0.0998. The Kier molecular flexibility index (Phi) is 5.69. The highest BCUT2D eigenvalue weighted by Gasteiger charge is 2.23. The first-order valence-electron chi connectivity index (χ1n) is 10.1. The molecule has 2 heterocycles. The number of rotatable bonds is 5. The quantitative estimate of drug-likeness (QED) is 0.701. The lowest BCUT2D eigenvalue weighted by Crippen LogP contribution is -2.38. The molecule has 1 aliphatic rings. The molecule has 4 rings (SSSR count). The number of aromatic nitrogens is 3. The molecule has 0 bridgehead atoms. The number of nitrogens with zero attached hydrogens (tertiary/aromatic N) is 3. The van der Waals surface area contributed by atoms with Gasteiger partial charge in [-0.3, -0.25) is 9.78 Å². The summed E-state index contributed by atoms with van der Waals surface area (Å²) in [6.45, 7) is 3.03. The van der Waals surface area contributed by atoms with Gasteiger partial charge in [-0.15, -0.1) is 0 Å². The molecule has 1 N–H and O–H groups in total. The van der Waals surface area contributed by atoms with Gasteiger partial charge in [0.05, 0.1) is 11.3 Å². The fourth-order valence-electron chi connectivity index (χ4n) is 3.98. The van der Waals surface area contributed by atoms with Crippen LogP contribution in [0.4, 0.5) is 4.39 Å². The predicted octanol–water partition coefficient (Wildman–Crippen LogP) is 4.38. The van der Waals surface area contributed by atoms with E-state index in [1.54, 1.807) is 30.5 Å². The van der Waals surface area contributed by atoms with E-state index in [1.165, 1.54) is 12.1 Å². The van der Waals surface area contributed by atoms with Crippen LogP contribution in [0.1, 0.15) is 41.9 Å². The van der Waals surface area contributed by atoms with Crippen molar-refractivity contribution < 1.29 is 9.18 Å². The van der Waals surface area contributed by atoms with E-state index in [4.69, 9.17) is 0 Å². The monoisotopic (exact) mass is 392 g/mol. The van der Waals surface area contributed by atoms with Crippen molar-refractivity contribution in [2.45, 2.75) is 45.2 Å². The topological polar surface area (TPSA) is 59.8 Å². The van der Waals surface area contributed by atoms with Gasteiger partial charge in [-0.2, -0.15) is 0 Å². The summed E-state index contributed by atoms with van der Waals surface area (Å²) in [6.07, 6.45) is 9.60. The van der Waals surface area contributed by atoms with E-state index in [1.807, 2.05) is 19.3 Å². The number of carbonyl (C=O) groups excluding carboxylic acids is 1. The molecule has 1 saturated carbocycles. The number of halogens is 1. The smallest absolute Gasteiger partial charge is 0.253 e. The number of hydrogen-bond donors (Lipinski definition) is 1. The van der Waals surface area contributed by atoms with Gasteiger partial charge in [-0.05, 0) is 62.8 Å². The first kappa shape index (κ1) is 19.3. The van der Waals surface area contributed by atoms with E-state index in [-0.39, 0.29) is 17.8 Å². The van der Waals surface area contributed by atoms with Crippen molar-refractivity contribution in [3.05, 3.63) is 72.2 Å². The Morgan fingerprint density at radius 2 is 2.00 bits per heavy atom. The molecule has 1 aliphatic carbocycles. The standard InChI is InChI=1S/C23H25FN4O/c1-16-25-11-12-28(16)15-17-5-8-21(9-6-17)27-23(29)19-7-10-22(26-14-19)18-3-2-4-20(24)13-18/h2-4,7,10-14,17,21H,5-6,8-9,15H2,1H3,(H,27,29). The first-order chi connectivity index (χ1) is 14.1. The van der Waals surface area contributed by atoms with Crippen molar-refractivity contribution in [1.29, 1.82) is 0 Å². The third-order valence-corrected chi connectivity index (χ3v) is 5.71. The zero-order valence-corrected chi connectivity index (χ0v) is 16.5. The molecule has 1 aromatic carbocycles. The second-order valence-electron chi connectivity index (χ2n) is 7.76. The van der Waals surface area contributed by atoms with Crippen LogP contribution >= 0.6 is 0 Å². The molecule has 6 heteroatoms. The molecule has 3 aromatic rings. The number of imidazole rings is 1. The van der Waals surface area contributed by atoms with E-state index in [2.05, 4.69) is 19.9 Å². The van der Waals surface area contributed by atoms with E-state index < -0.39 is 0 Å². The Morgan fingerprint density at radius 3 is 2.66 bits per heavy atom. The van der Waals surface area contributed by atoms with Crippen LogP contribution in [-0.4, -0.2) is 26.5 Å². The molecule has 5 nitrogen and oxygen atoms in total. The summed E-state index contributed by atoms with van der Waals surface area (Å²) in [5.74, 6) is 1.28. The van der Waals surface area contributed by atoms with E-state index >= 15 is 0 Å². The van der Waals surface area contributed by atoms with Gasteiger partial charge in [0.25, 0.3) is 5.91 Å². The third-order valence-electron chi connectivity index (χ3n) is 5.71. The molecule has 0 radical (unpaired) electrons. The number of aryl methyl sites for hydroxylation is 1. The molecule has 150 valence electrons. The van der Waals surface area contributed by atoms with Gasteiger partial charge in [-0.25, -0.2) is 9.37 Å². The lowest BCUT2D eigenvalue weighted by molar-refractivity contribution is 0.0920. The Morgan fingerprint density at radius 1 is 1.17 bits per heavy atom. The molecular formula is C23H25FN4O. The summed E-state index contributed by atoms with van der Waals surface area (Å²) in [7, 11) is 0. The molecule has 0 aliphatic heterocycles. The van der Waals surface area contributed by atoms with Crippen LogP contribution in [0.15, 0.2) is 55.0 Å². The van der Waals surface area contributed by atoms with Crippen molar-refractivity contribution in [1.82, 2.24) is 19.9 Å². The highest BCUT2D eigenvalue weighted by Crippen LogP contribution is 2.26. The number of benzene rings is 1. The van der Waals surface area contributed by atoms with E-state index in [0.29, 0.717) is 22.7 Å². The van der Waals surface area contributed by atoms with Crippen LogP contribution in [0, 0.1) is 18.7 Å². The number of pyridine rings is 1. The summed E-state index contributed by atoms with van der Waals surface area (Å²) >= 11 is 0. The molecule has 0 spiro atoms. The molecular weight excluding hydrogens is 367 g/mol. The van der Waals surface area contributed by atoms with Gasteiger partial charge in [0.15, 0.2) is 0 Å². The molecule has 0 atom stereocenters. The molecule has 0 saturated heterocycles. The summed E-state index contributed by atoms with van der Waals surface area (Å²) < 4.78 is 15.6. The van der Waals surface area contributed by atoms with Gasteiger partial charge in [0.2, 0.25) is 0 Å². The SMILES string of the molecule is Cc1nccn1CC1CCC(NC(=O)c2ccc(-c3cccc(F)c3)nc2)CC1. The van der Waals surface area contributed by atoms with Crippen molar-refractivity contribution in [2.24, 2.45) is 5.92 Å². The van der Waals surface area contributed by atoms with Gasteiger partial charge in [0.1, 0.15) is 11.6 Å². The summed E-state index contributed by atoms with van der Waals surface area (Å²) in [5.41, 5.74) is 1.88. The van der Waals surface area contributed by atoms with Gasteiger partial charge < -0.3 is 9.88 Å². The third kappa shape index (κ3) is 4.70. The van der Waals surface area contributed by atoms with Crippen LogP contribution in [0.5, 0.6) is 0 Å². The Bertz CT molecular complexity index is 975. The number of hydrogen-bond acceptors (Lipinski definition) is 3.